The molecule has 102 valence electrons. The topological polar surface area (TPSA) is 66.4 Å². The van der Waals surface area contributed by atoms with E-state index in [0.29, 0.717) is 12.1 Å². The molecule has 0 spiro atoms. The molecule has 0 aliphatic heterocycles. The number of hydrogen-bond acceptors (Lipinski definition) is 2. The Bertz CT molecular complexity index is 466. The molecule has 0 heterocycles. The van der Waals surface area contributed by atoms with Crippen LogP contribution in [-0.4, -0.2) is 23.5 Å². The van der Waals surface area contributed by atoms with Crippen molar-refractivity contribution in [3.8, 4) is 0 Å². The summed E-state index contributed by atoms with van der Waals surface area (Å²) in [5.74, 6) is -0.322. The summed E-state index contributed by atoms with van der Waals surface area (Å²) in [4.78, 5) is 22.8. The molecule has 0 atom stereocenters. The van der Waals surface area contributed by atoms with Crippen molar-refractivity contribution in [2.24, 2.45) is 5.92 Å². The molecule has 0 saturated heterocycles. The number of carbonyl (C=O) groups excluding carboxylic acids is 1. The minimum Gasteiger partial charge on any atom is -0.478 e. The fourth-order valence-electron chi connectivity index (χ4n) is 2.32. The summed E-state index contributed by atoms with van der Waals surface area (Å²) in [6.45, 7) is 0.693. The molecule has 0 aromatic heterocycles. The first-order chi connectivity index (χ1) is 9.16. The Morgan fingerprint density at radius 3 is 2.63 bits per heavy atom. The Morgan fingerprint density at radius 1 is 1.26 bits per heavy atom. The van der Waals surface area contributed by atoms with Gasteiger partial charge in [0.05, 0.1) is 12.0 Å². The van der Waals surface area contributed by atoms with Crippen molar-refractivity contribution in [1.82, 2.24) is 5.32 Å². The third-order valence-electron chi connectivity index (χ3n) is 3.70. The highest BCUT2D eigenvalue weighted by atomic mass is 16.4. The smallest absolute Gasteiger partial charge is 0.335 e. The largest absolute Gasteiger partial charge is 0.478 e. The molecule has 1 fully saturated rings. The van der Waals surface area contributed by atoms with Gasteiger partial charge in [-0.1, -0.05) is 37.5 Å². The lowest BCUT2D eigenvalue weighted by Gasteiger charge is -2.25. The van der Waals surface area contributed by atoms with Crippen LogP contribution < -0.4 is 5.32 Å². The van der Waals surface area contributed by atoms with E-state index in [9.17, 15) is 9.59 Å². The summed E-state index contributed by atoms with van der Waals surface area (Å²) in [6.07, 6.45) is 5.03. The highest BCUT2D eigenvalue weighted by Crippen LogP contribution is 2.28. The predicted molar refractivity (Wildman–Crippen MR) is 72.1 cm³/mol. The lowest BCUT2D eigenvalue weighted by Crippen LogP contribution is -2.29. The van der Waals surface area contributed by atoms with Crippen molar-refractivity contribution in [3.63, 3.8) is 0 Å². The quantitative estimate of drug-likeness (QED) is 0.825. The molecule has 1 aliphatic carbocycles. The minimum absolute atomic E-state index is 0.104. The van der Waals surface area contributed by atoms with Gasteiger partial charge in [-0.25, -0.2) is 4.79 Å². The molecular formula is C15H19NO3. The van der Waals surface area contributed by atoms with E-state index in [1.165, 1.54) is 25.3 Å². The second-order valence-corrected chi connectivity index (χ2v) is 5.07. The Balaban J connectivity index is 1.82. The summed E-state index contributed by atoms with van der Waals surface area (Å²) in [5, 5.41) is 11.9. The van der Waals surface area contributed by atoms with E-state index >= 15 is 0 Å². The van der Waals surface area contributed by atoms with Crippen molar-refractivity contribution in [3.05, 3.63) is 35.4 Å². The number of carbonyl (C=O) groups is 2. The van der Waals surface area contributed by atoms with Crippen LogP contribution in [0.15, 0.2) is 24.3 Å². The maximum atomic E-state index is 11.8. The average Bonchev–Trinajstić information content (AvgIpc) is 2.32. The number of nitrogens with one attached hydrogen (secondary N) is 1. The van der Waals surface area contributed by atoms with Crippen molar-refractivity contribution in [2.45, 2.75) is 32.1 Å². The number of aromatic carboxylic acids is 1. The van der Waals surface area contributed by atoms with Gasteiger partial charge in [-0.2, -0.15) is 0 Å². The van der Waals surface area contributed by atoms with Gasteiger partial charge in [0.25, 0.3) is 0 Å². The number of carboxylic acids is 1. The van der Waals surface area contributed by atoms with Gasteiger partial charge in [0, 0.05) is 6.54 Å². The SMILES string of the molecule is O=C(Cc1ccccc1C(=O)O)NCCC1CCC1. The summed E-state index contributed by atoms with van der Waals surface area (Å²) in [7, 11) is 0. The van der Waals surface area contributed by atoms with Crippen LogP contribution in [0.25, 0.3) is 0 Å². The first kappa shape index (κ1) is 13.6. The maximum Gasteiger partial charge on any atom is 0.335 e. The molecule has 0 bridgehead atoms. The Hall–Kier alpha value is -1.84. The van der Waals surface area contributed by atoms with Gasteiger partial charge in [-0.3, -0.25) is 4.79 Å². The van der Waals surface area contributed by atoms with Crippen molar-refractivity contribution >= 4 is 11.9 Å². The summed E-state index contributed by atoms with van der Waals surface area (Å²) in [5.41, 5.74) is 0.771. The van der Waals surface area contributed by atoms with E-state index in [4.69, 9.17) is 5.11 Å². The fourth-order valence-corrected chi connectivity index (χ4v) is 2.32. The number of rotatable bonds is 6. The zero-order valence-electron chi connectivity index (χ0n) is 10.9. The molecular weight excluding hydrogens is 242 g/mol. The fraction of sp³-hybridized carbons (Fsp3) is 0.467. The van der Waals surface area contributed by atoms with Crippen LogP contribution in [0.5, 0.6) is 0 Å². The van der Waals surface area contributed by atoms with E-state index in [2.05, 4.69) is 5.32 Å². The molecule has 0 radical (unpaired) electrons. The second-order valence-electron chi connectivity index (χ2n) is 5.07. The van der Waals surface area contributed by atoms with Crippen LogP contribution in [0.4, 0.5) is 0 Å². The monoisotopic (exact) mass is 261 g/mol. The van der Waals surface area contributed by atoms with Gasteiger partial charge < -0.3 is 10.4 Å². The Morgan fingerprint density at radius 2 is 2.00 bits per heavy atom. The minimum atomic E-state index is -0.988. The van der Waals surface area contributed by atoms with Gasteiger partial charge in [-0.05, 0) is 24.0 Å². The third-order valence-corrected chi connectivity index (χ3v) is 3.70. The van der Waals surface area contributed by atoms with Crippen LogP contribution >= 0.6 is 0 Å². The molecule has 0 unspecified atom stereocenters. The Kier molecular flexibility index (Phi) is 4.55. The van der Waals surface area contributed by atoms with E-state index in [1.54, 1.807) is 18.2 Å². The van der Waals surface area contributed by atoms with E-state index in [0.717, 1.165) is 12.3 Å². The van der Waals surface area contributed by atoms with Crippen LogP contribution in [0.2, 0.25) is 0 Å². The average molecular weight is 261 g/mol. The first-order valence-electron chi connectivity index (χ1n) is 6.74. The van der Waals surface area contributed by atoms with Gasteiger partial charge in [0.15, 0.2) is 0 Å². The molecule has 1 aliphatic rings. The molecule has 1 aromatic rings. The van der Waals surface area contributed by atoms with Crippen molar-refractivity contribution < 1.29 is 14.7 Å². The first-order valence-corrected chi connectivity index (χ1v) is 6.74. The van der Waals surface area contributed by atoms with Crippen LogP contribution in [-0.2, 0) is 11.2 Å². The third kappa shape index (κ3) is 3.81. The number of benzene rings is 1. The number of carboxylic acid groups (broad SMARTS) is 1. The molecule has 2 rings (SSSR count). The zero-order chi connectivity index (χ0) is 13.7. The van der Waals surface area contributed by atoms with Gasteiger partial charge in [-0.15, -0.1) is 0 Å². The van der Waals surface area contributed by atoms with Crippen molar-refractivity contribution in [1.29, 1.82) is 0 Å². The molecule has 2 N–H and O–H groups in total. The van der Waals surface area contributed by atoms with E-state index < -0.39 is 5.97 Å². The van der Waals surface area contributed by atoms with Crippen LogP contribution in [0.3, 0.4) is 0 Å². The maximum absolute atomic E-state index is 11.8. The summed E-state index contributed by atoms with van der Waals surface area (Å²) >= 11 is 0. The zero-order valence-corrected chi connectivity index (χ0v) is 10.9. The lowest BCUT2D eigenvalue weighted by molar-refractivity contribution is -0.120. The normalized spacial score (nSPS) is 14.7. The summed E-state index contributed by atoms with van der Waals surface area (Å²) in [6, 6.07) is 6.64. The van der Waals surface area contributed by atoms with Gasteiger partial charge >= 0.3 is 5.97 Å². The molecule has 4 heteroatoms. The van der Waals surface area contributed by atoms with Crippen molar-refractivity contribution in [2.75, 3.05) is 6.54 Å². The standard InChI is InChI=1S/C15H19NO3/c17-14(16-9-8-11-4-3-5-11)10-12-6-1-2-7-13(12)15(18)19/h1-2,6-7,11H,3-5,8-10H2,(H,16,17)(H,18,19). The summed E-state index contributed by atoms with van der Waals surface area (Å²) < 4.78 is 0. The van der Waals surface area contributed by atoms with E-state index in [1.807, 2.05) is 0 Å². The molecule has 19 heavy (non-hydrogen) atoms. The van der Waals surface area contributed by atoms with Crippen LogP contribution in [0, 0.1) is 5.92 Å². The van der Waals surface area contributed by atoms with Gasteiger partial charge in [0.1, 0.15) is 0 Å². The molecule has 1 amide bonds. The molecule has 1 aromatic carbocycles. The van der Waals surface area contributed by atoms with E-state index in [-0.39, 0.29) is 17.9 Å². The lowest BCUT2D eigenvalue weighted by atomic mass is 9.83. The second kappa shape index (κ2) is 6.36. The predicted octanol–water partition coefficient (Wildman–Crippen LogP) is 2.23. The number of hydrogen-bond donors (Lipinski definition) is 2. The highest BCUT2D eigenvalue weighted by Gasteiger charge is 2.17. The van der Waals surface area contributed by atoms with Gasteiger partial charge in [0.2, 0.25) is 5.91 Å². The van der Waals surface area contributed by atoms with Crippen LogP contribution in [0.1, 0.15) is 41.6 Å². The molecule has 1 saturated carbocycles. The molecule has 4 nitrogen and oxygen atoms in total. The highest BCUT2D eigenvalue weighted by molar-refractivity contribution is 5.91. The number of amides is 1. The Labute approximate surface area is 112 Å².